The topological polar surface area (TPSA) is 114 Å². The number of aromatic amines is 1. The Hall–Kier alpha value is -2.81. The molecule has 0 saturated heterocycles. The van der Waals surface area contributed by atoms with E-state index in [1.807, 2.05) is 0 Å². The molecular weight excluding hydrogens is 334 g/mol. The highest BCUT2D eigenvalue weighted by Crippen LogP contribution is 2.29. The van der Waals surface area contributed by atoms with Gasteiger partial charge in [0.1, 0.15) is 5.75 Å². The van der Waals surface area contributed by atoms with Crippen LogP contribution in [-0.4, -0.2) is 23.6 Å². The molecular formula is C15H15N3O5S. The lowest BCUT2D eigenvalue weighted by Crippen LogP contribution is -2.22. The molecule has 3 rings (SSSR count). The van der Waals surface area contributed by atoms with Gasteiger partial charge in [0.25, 0.3) is 0 Å². The largest absolute Gasteiger partial charge is 0.453 e. The molecule has 0 atom stereocenters. The molecule has 3 aromatic rings. The van der Waals surface area contributed by atoms with Crippen LogP contribution < -0.4 is 15.2 Å². The first kappa shape index (κ1) is 16.1. The van der Waals surface area contributed by atoms with Gasteiger partial charge < -0.3 is 9.15 Å². The highest BCUT2D eigenvalue weighted by atomic mass is 32.2. The van der Waals surface area contributed by atoms with E-state index in [-0.39, 0.29) is 11.2 Å². The zero-order valence-corrected chi connectivity index (χ0v) is 13.8. The summed E-state index contributed by atoms with van der Waals surface area (Å²) in [6.07, 6.45) is 1.47. The number of hydrogen-bond donors (Lipinski definition) is 2. The van der Waals surface area contributed by atoms with E-state index in [9.17, 15) is 13.2 Å². The first-order valence-electron chi connectivity index (χ1n) is 7.12. The van der Waals surface area contributed by atoms with E-state index in [0.717, 1.165) is 0 Å². The summed E-state index contributed by atoms with van der Waals surface area (Å²) in [5.41, 5.74) is 0.840. The van der Waals surface area contributed by atoms with Gasteiger partial charge in [-0.2, -0.15) is 0 Å². The molecule has 0 amide bonds. The van der Waals surface area contributed by atoms with E-state index >= 15 is 0 Å². The molecule has 2 aromatic heterocycles. The molecule has 126 valence electrons. The van der Waals surface area contributed by atoms with Gasteiger partial charge in [-0.05, 0) is 26.0 Å². The molecule has 2 N–H and O–H groups in total. The summed E-state index contributed by atoms with van der Waals surface area (Å²) in [7, 11) is -3.45. The Morgan fingerprint density at radius 3 is 2.83 bits per heavy atom. The lowest BCUT2D eigenvalue weighted by molar-refractivity contribution is 0.466. The summed E-state index contributed by atoms with van der Waals surface area (Å²) in [6, 6.07) is 8.01. The SMILES string of the molecule is CC(C)S(=O)(=O)Nc1cccc(Oc2ccnc3[nH]c(=O)oc23)c1. The number of anilines is 1. The molecule has 0 radical (unpaired) electrons. The third-order valence-electron chi connectivity index (χ3n) is 3.23. The summed E-state index contributed by atoms with van der Waals surface area (Å²) in [6.45, 7) is 3.18. The minimum atomic E-state index is -3.45. The fraction of sp³-hybridized carbons (Fsp3) is 0.200. The Morgan fingerprint density at radius 2 is 2.08 bits per heavy atom. The van der Waals surface area contributed by atoms with Gasteiger partial charge in [-0.1, -0.05) is 6.07 Å². The lowest BCUT2D eigenvalue weighted by atomic mass is 10.3. The van der Waals surface area contributed by atoms with Crippen molar-refractivity contribution in [2.45, 2.75) is 19.1 Å². The molecule has 0 unspecified atom stereocenters. The van der Waals surface area contributed by atoms with Crippen molar-refractivity contribution in [1.82, 2.24) is 9.97 Å². The van der Waals surface area contributed by atoms with Crippen LogP contribution in [-0.2, 0) is 10.0 Å². The third-order valence-corrected chi connectivity index (χ3v) is 4.99. The van der Waals surface area contributed by atoms with Gasteiger partial charge in [0.15, 0.2) is 11.4 Å². The Labute approximate surface area is 137 Å². The van der Waals surface area contributed by atoms with Crippen LogP contribution in [0.5, 0.6) is 11.5 Å². The number of nitrogens with zero attached hydrogens (tertiary/aromatic N) is 1. The van der Waals surface area contributed by atoms with Crippen molar-refractivity contribution in [2.75, 3.05) is 4.72 Å². The Morgan fingerprint density at radius 1 is 1.29 bits per heavy atom. The number of hydrogen-bond acceptors (Lipinski definition) is 6. The van der Waals surface area contributed by atoms with Crippen molar-refractivity contribution in [3.05, 3.63) is 47.1 Å². The first-order valence-corrected chi connectivity index (χ1v) is 8.67. The Balaban J connectivity index is 1.91. The van der Waals surface area contributed by atoms with Crippen LogP contribution in [0, 0.1) is 0 Å². The molecule has 0 bridgehead atoms. The van der Waals surface area contributed by atoms with Crippen molar-refractivity contribution in [3.63, 3.8) is 0 Å². The number of oxazole rings is 1. The summed E-state index contributed by atoms with van der Waals surface area (Å²) < 4.78 is 37.0. The van der Waals surface area contributed by atoms with Gasteiger partial charge in [0.2, 0.25) is 15.6 Å². The smallest absolute Gasteiger partial charge is 0.418 e. The fourth-order valence-corrected chi connectivity index (χ4v) is 2.64. The van der Waals surface area contributed by atoms with Gasteiger partial charge in [0, 0.05) is 18.3 Å². The highest BCUT2D eigenvalue weighted by molar-refractivity contribution is 7.93. The number of H-pyrrole nitrogens is 1. The predicted octanol–water partition coefficient (Wildman–Crippen LogP) is 2.46. The van der Waals surface area contributed by atoms with Gasteiger partial charge in [-0.15, -0.1) is 0 Å². The second kappa shape index (κ2) is 6.00. The van der Waals surface area contributed by atoms with Gasteiger partial charge >= 0.3 is 5.76 Å². The van der Waals surface area contributed by atoms with Crippen molar-refractivity contribution < 1.29 is 17.6 Å². The average molecular weight is 349 g/mol. The van der Waals surface area contributed by atoms with E-state index in [1.165, 1.54) is 12.3 Å². The monoisotopic (exact) mass is 349 g/mol. The molecule has 0 spiro atoms. The van der Waals surface area contributed by atoms with Gasteiger partial charge in [-0.25, -0.2) is 18.2 Å². The van der Waals surface area contributed by atoms with Crippen molar-refractivity contribution in [2.24, 2.45) is 0 Å². The molecule has 8 nitrogen and oxygen atoms in total. The minimum Gasteiger partial charge on any atom is -0.453 e. The summed E-state index contributed by atoms with van der Waals surface area (Å²) >= 11 is 0. The number of rotatable bonds is 5. The molecule has 2 heterocycles. The molecule has 1 aromatic carbocycles. The van der Waals surface area contributed by atoms with Crippen molar-refractivity contribution in [3.8, 4) is 11.5 Å². The number of fused-ring (bicyclic) bond motifs is 1. The number of pyridine rings is 1. The van der Waals surface area contributed by atoms with Crippen LogP contribution in [0.2, 0.25) is 0 Å². The maximum Gasteiger partial charge on any atom is 0.418 e. The average Bonchev–Trinajstić information content (AvgIpc) is 2.88. The van der Waals surface area contributed by atoms with E-state index < -0.39 is 21.0 Å². The number of nitrogens with one attached hydrogen (secondary N) is 2. The van der Waals surface area contributed by atoms with Gasteiger partial charge in [0.05, 0.1) is 10.9 Å². The maximum absolute atomic E-state index is 11.9. The van der Waals surface area contributed by atoms with Crippen molar-refractivity contribution in [1.29, 1.82) is 0 Å². The molecule has 0 fully saturated rings. The van der Waals surface area contributed by atoms with E-state index in [4.69, 9.17) is 9.15 Å². The standard InChI is InChI=1S/C15H15N3O5S/c1-9(2)24(20,21)18-10-4-3-5-11(8-10)22-12-6-7-16-14-13(12)23-15(19)17-14/h3-9,18H,1-2H3,(H,16,17,19). The van der Waals surface area contributed by atoms with E-state index in [2.05, 4.69) is 14.7 Å². The third kappa shape index (κ3) is 3.25. The lowest BCUT2D eigenvalue weighted by Gasteiger charge is -2.12. The van der Waals surface area contributed by atoms with Crippen molar-refractivity contribution >= 4 is 26.9 Å². The molecule has 9 heteroatoms. The Kier molecular flexibility index (Phi) is 4.02. The maximum atomic E-state index is 11.9. The molecule has 0 aliphatic rings. The molecule has 24 heavy (non-hydrogen) atoms. The summed E-state index contributed by atoms with van der Waals surface area (Å²) in [5.74, 6) is 0.0458. The van der Waals surface area contributed by atoms with Crippen LogP contribution in [0.25, 0.3) is 11.2 Å². The second-order valence-electron chi connectivity index (χ2n) is 5.33. The number of aromatic nitrogens is 2. The van der Waals surface area contributed by atoms with E-state index in [0.29, 0.717) is 17.2 Å². The number of benzene rings is 1. The normalized spacial score (nSPS) is 11.8. The summed E-state index contributed by atoms with van der Waals surface area (Å²) in [5, 5.41) is -0.559. The van der Waals surface area contributed by atoms with E-state index in [1.54, 1.807) is 38.1 Å². The van der Waals surface area contributed by atoms with Crippen LogP contribution >= 0.6 is 0 Å². The zero-order valence-electron chi connectivity index (χ0n) is 12.9. The zero-order chi connectivity index (χ0) is 17.3. The highest BCUT2D eigenvalue weighted by Gasteiger charge is 2.16. The molecule has 0 saturated carbocycles. The first-order chi connectivity index (χ1) is 11.3. The fourth-order valence-electron chi connectivity index (χ4n) is 1.95. The quantitative estimate of drug-likeness (QED) is 0.731. The van der Waals surface area contributed by atoms with Crippen LogP contribution in [0.15, 0.2) is 45.7 Å². The number of sulfonamides is 1. The van der Waals surface area contributed by atoms with Crippen LogP contribution in [0.3, 0.4) is 0 Å². The molecule has 0 aliphatic carbocycles. The van der Waals surface area contributed by atoms with Gasteiger partial charge in [-0.3, -0.25) is 9.71 Å². The predicted molar refractivity (Wildman–Crippen MR) is 88.8 cm³/mol. The Bertz CT molecular complexity index is 1040. The number of ether oxygens (including phenoxy) is 1. The second-order valence-corrected chi connectivity index (χ2v) is 7.56. The summed E-state index contributed by atoms with van der Waals surface area (Å²) in [4.78, 5) is 17.7. The molecule has 0 aliphatic heterocycles. The van der Waals surface area contributed by atoms with Crippen LogP contribution in [0.4, 0.5) is 5.69 Å². The van der Waals surface area contributed by atoms with Crippen LogP contribution in [0.1, 0.15) is 13.8 Å². The minimum absolute atomic E-state index is 0.190.